The third kappa shape index (κ3) is 4.31. The van der Waals surface area contributed by atoms with Gasteiger partial charge < -0.3 is 0 Å². The highest BCUT2D eigenvalue weighted by Crippen LogP contribution is 2.02. The van der Waals surface area contributed by atoms with Gasteiger partial charge in [-0.2, -0.15) is 0 Å². The molecule has 0 aromatic rings. The van der Waals surface area contributed by atoms with Crippen LogP contribution in [-0.2, 0) is 0 Å². The Balaban J connectivity index is 2.63. The quantitative estimate of drug-likeness (QED) is 0.519. The van der Waals surface area contributed by atoms with Crippen LogP contribution in [0.25, 0.3) is 0 Å². The second-order valence-electron chi connectivity index (χ2n) is 1.10. The number of hydrogen-bond donors (Lipinski definition) is 0. The third-order valence-corrected chi connectivity index (χ3v) is 1.25. The monoisotopic (exact) mass is 104 g/mol. The molecule has 0 fully saturated rings. The summed E-state index contributed by atoms with van der Waals surface area (Å²) in [6, 6.07) is 0. The molecule has 1 radical (unpaired) electrons. The number of nitrogens with one attached hydrogen (secondary N) is 1. The lowest BCUT2D eigenvalue weighted by Crippen LogP contribution is -1.93. The van der Waals surface area contributed by atoms with E-state index in [0.29, 0.717) is 0 Å². The highest BCUT2D eigenvalue weighted by Gasteiger charge is 1.86. The standard InChI is InChI=1S/C4H10NS/c1-3-6-4(2)5/h4-5H,3H2,1-2H3. The van der Waals surface area contributed by atoms with Crippen LogP contribution in [0, 0.1) is 0 Å². The summed E-state index contributed by atoms with van der Waals surface area (Å²) in [6.07, 6.45) is 0. The molecule has 1 atom stereocenters. The molecule has 1 N–H and O–H groups in total. The zero-order valence-electron chi connectivity index (χ0n) is 4.19. The summed E-state index contributed by atoms with van der Waals surface area (Å²) in [5.74, 6) is 1.06. The van der Waals surface area contributed by atoms with Crippen molar-refractivity contribution in [2.24, 2.45) is 0 Å². The van der Waals surface area contributed by atoms with Crippen LogP contribution in [0.3, 0.4) is 0 Å². The minimum atomic E-state index is 0.0648. The minimum Gasteiger partial charge on any atom is -0.244 e. The lowest BCUT2D eigenvalue weighted by molar-refractivity contribution is 1.00. The largest absolute Gasteiger partial charge is 0.244 e. The van der Waals surface area contributed by atoms with Crippen LogP contribution in [0.2, 0.25) is 0 Å². The molecule has 1 unspecified atom stereocenters. The van der Waals surface area contributed by atoms with E-state index in [1.54, 1.807) is 11.8 Å². The normalized spacial score (nSPS) is 14.5. The molecule has 6 heavy (non-hydrogen) atoms. The van der Waals surface area contributed by atoms with Crippen molar-refractivity contribution < 1.29 is 0 Å². The van der Waals surface area contributed by atoms with E-state index in [0.717, 1.165) is 5.75 Å². The SMILES string of the molecule is CCSC(C)[NH]. The van der Waals surface area contributed by atoms with Crippen LogP contribution < -0.4 is 5.73 Å². The topological polar surface area (TPSA) is 23.8 Å². The van der Waals surface area contributed by atoms with E-state index in [-0.39, 0.29) is 5.37 Å². The average molecular weight is 104 g/mol. The minimum absolute atomic E-state index is 0.0648. The van der Waals surface area contributed by atoms with Gasteiger partial charge in [0.25, 0.3) is 0 Å². The van der Waals surface area contributed by atoms with Crippen LogP contribution in [-0.4, -0.2) is 11.1 Å². The average Bonchev–Trinajstić information content (AvgIpc) is 1.35. The van der Waals surface area contributed by atoms with Crippen molar-refractivity contribution in [2.75, 3.05) is 5.75 Å². The van der Waals surface area contributed by atoms with Crippen LogP contribution in [0.5, 0.6) is 0 Å². The molecular formula is C4H10NS. The fourth-order valence-corrected chi connectivity index (χ4v) is 0.750. The Morgan fingerprint density at radius 1 is 1.83 bits per heavy atom. The molecule has 0 aliphatic carbocycles. The highest BCUT2D eigenvalue weighted by atomic mass is 32.2. The third-order valence-electron chi connectivity index (χ3n) is 0.417. The van der Waals surface area contributed by atoms with Gasteiger partial charge in [0.05, 0.1) is 5.37 Å². The Labute approximate surface area is 43.3 Å². The Morgan fingerprint density at radius 2 is 2.33 bits per heavy atom. The Kier molecular flexibility index (Phi) is 3.68. The lowest BCUT2D eigenvalue weighted by Gasteiger charge is -1.95. The van der Waals surface area contributed by atoms with Crippen LogP contribution in [0.15, 0.2) is 0 Å². The molecule has 0 saturated carbocycles. The first kappa shape index (κ1) is 6.31. The summed E-state index contributed by atoms with van der Waals surface area (Å²) >= 11 is 1.65. The van der Waals surface area contributed by atoms with Crippen molar-refractivity contribution in [3.63, 3.8) is 0 Å². The zero-order chi connectivity index (χ0) is 4.99. The van der Waals surface area contributed by atoms with Gasteiger partial charge >= 0.3 is 0 Å². The van der Waals surface area contributed by atoms with E-state index in [2.05, 4.69) is 6.92 Å². The first-order valence-corrected chi connectivity index (χ1v) is 3.15. The Bertz CT molecular complexity index is 28.7. The maximum atomic E-state index is 6.94. The maximum absolute atomic E-state index is 6.94. The summed E-state index contributed by atoms with van der Waals surface area (Å²) < 4.78 is 0. The van der Waals surface area contributed by atoms with E-state index in [1.165, 1.54) is 0 Å². The van der Waals surface area contributed by atoms with Gasteiger partial charge in [-0.25, -0.2) is 5.73 Å². The molecule has 0 spiro atoms. The molecule has 0 bridgehead atoms. The molecule has 0 heterocycles. The van der Waals surface area contributed by atoms with Crippen LogP contribution >= 0.6 is 11.8 Å². The summed E-state index contributed by atoms with van der Waals surface area (Å²) in [5.41, 5.74) is 6.94. The molecule has 0 aromatic heterocycles. The van der Waals surface area contributed by atoms with Crippen molar-refractivity contribution in [1.82, 2.24) is 5.73 Å². The predicted molar refractivity (Wildman–Crippen MR) is 30.7 cm³/mol. The molecule has 0 aliphatic heterocycles. The van der Waals surface area contributed by atoms with Crippen molar-refractivity contribution in [1.29, 1.82) is 0 Å². The van der Waals surface area contributed by atoms with Gasteiger partial charge in [-0.1, -0.05) is 6.92 Å². The molecule has 0 rings (SSSR count). The molecule has 0 saturated heterocycles. The van der Waals surface area contributed by atoms with E-state index < -0.39 is 0 Å². The number of thioether (sulfide) groups is 1. The van der Waals surface area contributed by atoms with E-state index in [1.807, 2.05) is 6.92 Å². The highest BCUT2D eigenvalue weighted by molar-refractivity contribution is 7.99. The predicted octanol–water partition coefficient (Wildman–Crippen LogP) is 1.37. The summed E-state index contributed by atoms with van der Waals surface area (Å²) in [6.45, 7) is 3.95. The first-order chi connectivity index (χ1) is 2.77. The molecular weight excluding hydrogens is 94.1 g/mol. The van der Waals surface area contributed by atoms with Gasteiger partial charge in [0.2, 0.25) is 0 Å². The summed E-state index contributed by atoms with van der Waals surface area (Å²) in [4.78, 5) is 0. The maximum Gasteiger partial charge on any atom is 0.0638 e. The van der Waals surface area contributed by atoms with E-state index in [4.69, 9.17) is 5.73 Å². The smallest absolute Gasteiger partial charge is 0.0638 e. The molecule has 0 aliphatic rings. The van der Waals surface area contributed by atoms with E-state index >= 15 is 0 Å². The Morgan fingerprint density at radius 3 is 2.33 bits per heavy atom. The van der Waals surface area contributed by atoms with Crippen LogP contribution in [0.1, 0.15) is 13.8 Å². The molecule has 1 nitrogen and oxygen atoms in total. The van der Waals surface area contributed by atoms with Gasteiger partial charge in [-0.05, 0) is 12.7 Å². The first-order valence-electron chi connectivity index (χ1n) is 2.10. The molecule has 37 valence electrons. The fourth-order valence-electron chi connectivity index (χ4n) is 0.250. The van der Waals surface area contributed by atoms with Crippen molar-refractivity contribution in [3.05, 3.63) is 0 Å². The van der Waals surface area contributed by atoms with Gasteiger partial charge in [-0.15, -0.1) is 11.8 Å². The second kappa shape index (κ2) is 3.50. The van der Waals surface area contributed by atoms with Gasteiger partial charge in [0.1, 0.15) is 0 Å². The van der Waals surface area contributed by atoms with Gasteiger partial charge in [0.15, 0.2) is 0 Å². The van der Waals surface area contributed by atoms with Gasteiger partial charge in [-0.3, -0.25) is 0 Å². The van der Waals surface area contributed by atoms with Crippen molar-refractivity contribution >= 4 is 11.8 Å². The Hall–Kier alpha value is 0.310. The lowest BCUT2D eigenvalue weighted by atomic mass is 10.8. The summed E-state index contributed by atoms with van der Waals surface area (Å²) in [7, 11) is 0. The second-order valence-corrected chi connectivity index (χ2v) is 2.72. The molecule has 0 aromatic carbocycles. The summed E-state index contributed by atoms with van der Waals surface area (Å²) in [5, 5.41) is 0.0648. The van der Waals surface area contributed by atoms with Crippen molar-refractivity contribution in [3.8, 4) is 0 Å². The van der Waals surface area contributed by atoms with Crippen molar-refractivity contribution in [2.45, 2.75) is 19.2 Å². The number of rotatable bonds is 2. The number of hydrogen-bond acceptors (Lipinski definition) is 1. The van der Waals surface area contributed by atoms with Crippen LogP contribution in [0.4, 0.5) is 0 Å². The van der Waals surface area contributed by atoms with Gasteiger partial charge in [0, 0.05) is 0 Å². The van der Waals surface area contributed by atoms with E-state index in [9.17, 15) is 0 Å². The fraction of sp³-hybridized carbons (Fsp3) is 1.00. The zero-order valence-corrected chi connectivity index (χ0v) is 5.01. The molecule has 2 heteroatoms. The molecule has 0 amide bonds.